The number of aromatic nitrogens is 2. The van der Waals surface area contributed by atoms with Crippen molar-refractivity contribution >= 4 is 45.0 Å². The minimum Gasteiger partial charge on any atom is -0.478 e. The van der Waals surface area contributed by atoms with Gasteiger partial charge >= 0.3 is 5.97 Å². The van der Waals surface area contributed by atoms with Gasteiger partial charge in [0.15, 0.2) is 11.0 Å². The van der Waals surface area contributed by atoms with Crippen LogP contribution in [0, 0.1) is 0 Å². The number of hydrogen-bond donors (Lipinski definition) is 2. The van der Waals surface area contributed by atoms with Gasteiger partial charge in [-0.15, -0.1) is 10.2 Å². The van der Waals surface area contributed by atoms with Crippen LogP contribution in [0.1, 0.15) is 10.4 Å². The largest absolute Gasteiger partial charge is 0.478 e. The average Bonchev–Trinajstić information content (AvgIpc) is 2.34. The highest BCUT2D eigenvalue weighted by molar-refractivity contribution is 9.10. The van der Waals surface area contributed by atoms with Crippen molar-refractivity contribution < 1.29 is 9.90 Å². The molecule has 1 aromatic heterocycles. The number of nitrogens with one attached hydrogen (secondary N) is 1. The fourth-order valence-electron chi connectivity index (χ4n) is 1.29. The lowest BCUT2D eigenvalue weighted by Gasteiger charge is -2.07. The molecule has 0 atom stereocenters. The summed E-state index contributed by atoms with van der Waals surface area (Å²) in [7, 11) is 0. The van der Waals surface area contributed by atoms with Gasteiger partial charge in [0.1, 0.15) is 5.56 Å². The molecule has 0 bridgehead atoms. The van der Waals surface area contributed by atoms with E-state index in [1.54, 1.807) is 12.1 Å². The Labute approximate surface area is 116 Å². The van der Waals surface area contributed by atoms with E-state index in [9.17, 15) is 4.79 Å². The molecular weight excluding hydrogens is 321 g/mol. The van der Waals surface area contributed by atoms with E-state index in [1.165, 1.54) is 6.07 Å². The SMILES string of the molecule is O=C(O)c1cc(Cl)nnc1Nc1ccc(Br)cc1. The second kappa shape index (κ2) is 5.32. The maximum Gasteiger partial charge on any atom is 0.339 e. The van der Waals surface area contributed by atoms with Crippen molar-refractivity contribution in [3.63, 3.8) is 0 Å². The van der Waals surface area contributed by atoms with Crippen LogP contribution in [0.25, 0.3) is 0 Å². The first kappa shape index (κ1) is 12.8. The van der Waals surface area contributed by atoms with Gasteiger partial charge in [0.25, 0.3) is 0 Å². The van der Waals surface area contributed by atoms with Crippen LogP contribution in [0.4, 0.5) is 11.5 Å². The lowest BCUT2D eigenvalue weighted by molar-refractivity contribution is 0.0697. The van der Waals surface area contributed by atoms with Gasteiger partial charge in [-0.05, 0) is 30.3 Å². The maximum absolute atomic E-state index is 11.0. The minimum atomic E-state index is -1.12. The maximum atomic E-state index is 11.0. The van der Waals surface area contributed by atoms with Gasteiger partial charge in [-0.2, -0.15) is 0 Å². The Morgan fingerprint density at radius 1 is 1.28 bits per heavy atom. The molecule has 0 radical (unpaired) electrons. The first-order chi connectivity index (χ1) is 8.56. The number of rotatable bonds is 3. The molecule has 0 aliphatic rings. The quantitative estimate of drug-likeness (QED) is 0.904. The number of carboxylic acids is 1. The number of halogens is 2. The van der Waals surface area contributed by atoms with Gasteiger partial charge in [0.05, 0.1) is 0 Å². The first-order valence-corrected chi connectivity index (χ1v) is 6.02. The molecule has 92 valence electrons. The normalized spacial score (nSPS) is 10.1. The van der Waals surface area contributed by atoms with E-state index in [4.69, 9.17) is 16.7 Å². The van der Waals surface area contributed by atoms with E-state index in [0.717, 1.165) is 4.47 Å². The van der Waals surface area contributed by atoms with E-state index < -0.39 is 5.97 Å². The van der Waals surface area contributed by atoms with Crippen LogP contribution in [0.15, 0.2) is 34.8 Å². The summed E-state index contributed by atoms with van der Waals surface area (Å²) < 4.78 is 0.925. The van der Waals surface area contributed by atoms with Crippen molar-refractivity contribution in [2.45, 2.75) is 0 Å². The van der Waals surface area contributed by atoms with E-state index in [1.807, 2.05) is 12.1 Å². The van der Waals surface area contributed by atoms with E-state index in [-0.39, 0.29) is 16.5 Å². The van der Waals surface area contributed by atoms with Crippen molar-refractivity contribution in [2.75, 3.05) is 5.32 Å². The standard InChI is InChI=1S/C11H7BrClN3O2/c12-6-1-3-7(4-2-6)14-10-8(11(17)18)5-9(13)15-16-10/h1-5H,(H,14,16)(H,17,18). The number of carbonyl (C=O) groups is 1. The Bertz CT molecular complexity index is 589. The van der Waals surface area contributed by atoms with E-state index in [2.05, 4.69) is 31.4 Å². The van der Waals surface area contributed by atoms with Crippen molar-refractivity contribution in [2.24, 2.45) is 0 Å². The smallest absolute Gasteiger partial charge is 0.339 e. The van der Waals surface area contributed by atoms with Gasteiger partial charge < -0.3 is 10.4 Å². The fraction of sp³-hybridized carbons (Fsp3) is 0. The molecule has 0 saturated carbocycles. The molecule has 0 unspecified atom stereocenters. The summed E-state index contributed by atoms with van der Waals surface area (Å²) in [5, 5.41) is 19.3. The molecular formula is C11H7BrClN3O2. The number of nitrogens with zero attached hydrogens (tertiary/aromatic N) is 2. The van der Waals surface area contributed by atoms with Crippen LogP contribution in [0.5, 0.6) is 0 Å². The molecule has 2 N–H and O–H groups in total. The van der Waals surface area contributed by atoms with Gasteiger partial charge in [-0.1, -0.05) is 27.5 Å². The fourth-order valence-corrected chi connectivity index (χ4v) is 1.70. The predicted molar refractivity (Wildman–Crippen MR) is 71.4 cm³/mol. The van der Waals surface area contributed by atoms with Crippen LogP contribution >= 0.6 is 27.5 Å². The third-order valence-corrected chi connectivity index (χ3v) is 2.81. The van der Waals surface area contributed by atoms with Crippen molar-refractivity contribution in [3.05, 3.63) is 45.5 Å². The molecule has 18 heavy (non-hydrogen) atoms. The van der Waals surface area contributed by atoms with Gasteiger partial charge in [-0.3, -0.25) is 0 Å². The number of hydrogen-bond acceptors (Lipinski definition) is 4. The number of carboxylic acid groups (broad SMARTS) is 1. The highest BCUT2D eigenvalue weighted by Gasteiger charge is 2.13. The second-order valence-corrected chi connectivity index (χ2v) is 4.67. The summed E-state index contributed by atoms with van der Waals surface area (Å²) in [4.78, 5) is 11.0. The molecule has 0 aliphatic carbocycles. The van der Waals surface area contributed by atoms with Crippen LogP contribution in [-0.4, -0.2) is 21.3 Å². The highest BCUT2D eigenvalue weighted by atomic mass is 79.9. The van der Waals surface area contributed by atoms with Gasteiger partial charge in [0, 0.05) is 10.2 Å². The summed E-state index contributed by atoms with van der Waals surface area (Å²) in [6, 6.07) is 8.47. The Hall–Kier alpha value is -1.66. The van der Waals surface area contributed by atoms with Crippen molar-refractivity contribution in [3.8, 4) is 0 Å². The number of anilines is 2. The van der Waals surface area contributed by atoms with Crippen molar-refractivity contribution in [1.29, 1.82) is 0 Å². The highest BCUT2D eigenvalue weighted by Crippen LogP contribution is 2.21. The molecule has 0 amide bonds. The molecule has 2 rings (SSSR count). The predicted octanol–water partition coefficient (Wildman–Crippen LogP) is 3.33. The number of aromatic carboxylic acids is 1. The Morgan fingerprint density at radius 3 is 2.56 bits per heavy atom. The monoisotopic (exact) mass is 327 g/mol. The molecule has 7 heteroatoms. The van der Waals surface area contributed by atoms with Crippen LogP contribution in [0.3, 0.4) is 0 Å². The summed E-state index contributed by atoms with van der Waals surface area (Å²) in [6.45, 7) is 0. The summed E-state index contributed by atoms with van der Waals surface area (Å²) in [6.07, 6.45) is 0. The molecule has 0 spiro atoms. The zero-order chi connectivity index (χ0) is 13.1. The second-order valence-electron chi connectivity index (χ2n) is 3.37. The topological polar surface area (TPSA) is 75.1 Å². The third-order valence-electron chi connectivity index (χ3n) is 2.10. The average molecular weight is 329 g/mol. The lowest BCUT2D eigenvalue weighted by Crippen LogP contribution is -2.06. The Morgan fingerprint density at radius 2 is 1.94 bits per heavy atom. The summed E-state index contributed by atoms with van der Waals surface area (Å²) in [5.74, 6) is -0.972. The third kappa shape index (κ3) is 2.96. The first-order valence-electron chi connectivity index (χ1n) is 4.85. The molecule has 1 aromatic carbocycles. The Kier molecular flexibility index (Phi) is 3.78. The minimum absolute atomic E-state index is 0.0297. The van der Waals surface area contributed by atoms with Gasteiger partial charge in [0.2, 0.25) is 0 Å². The summed E-state index contributed by atoms with van der Waals surface area (Å²) in [5.41, 5.74) is 0.676. The molecule has 2 aromatic rings. The molecule has 0 fully saturated rings. The lowest BCUT2D eigenvalue weighted by atomic mass is 10.2. The van der Waals surface area contributed by atoms with Crippen molar-refractivity contribution in [1.82, 2.24) is 10.2 Å². The van der Waals surface area contributed by atoms with Crippen LogP contribution in [0.2, 0.25) is 5.15 Å². The van der Waals surface area contributed by atoms with E-state index in [0.29, 0.717) is 5.69 Å². The van der Waals surface area contributed by atoms with Gasteiger partial charge in [-0.25, -0.2) is 4.79 Å². The van der Waals surface area contributed by atoms with Crippen LogP contribution < -0.4 is 5.32 Å². The molecule has 0 aliphatic heterocycles. The Balaban J connectivity index is 2.34. The zero-order valence-electron chi connectivity index (χ0n) is 8.89. The van der Waals surface area contributed by atoms with Crippen LogP contribution in [-0.2, 0) is 0 Å². The number of benzene rings is 1. The molecule has 5 nitrogen and oxygen atoms in total. The zero-order valence-corrected chi connectivity index (χ0v) is 11.2. The molecule has 1 heterocycles. The van der Waals surface area contributed by atoms with E-state index >= 15 is 0 Å². The molecule has 0 saturated heterocycles. The summed E-state index contributed by atoms with van der Waals surface area (Å²) >= 11 is 8.92.